The standard InChI is InChI=1S/C20H24ClNO3/c1-23-19-11-16(12-22-13-17-8-5-9-24-17)10-18(21)20(19)25-14-15-6-3-2-4-7-15/h2-4,6-7,10-11,17,22H,5,8-9,12-14H2,1H3/p+1/t17-/m1/s1. The molecule has 2 aromatic carbocycles. The van der Waals surface area contributed by atoms with E-state index in [9.17, 15) is 0 Å². The molecular weight excluding hydrogens is 338 g/mol. The summed E-state index contributed by atoms with van der Waals surface area (Å²) in [6, 6.07) is 14.0. The Morgan fingerprint density at radius 3 is 2.76 bits per heavy atom. The Kier molecular flexibility index (Phi) is 6.56. The van der Waals surface area contributed by atoms with Crippen molar-refractivity contribution in [2.45, 2.75) is 32.1 Å². The number of nitrogens with two attached hydrogens (primary N) is 1. The van der Waals surface area contributed by atoms with Crippen molar-refractivity contribution in [3.8, 4) is 11.5 Å². The molecule has 1 aliphatic rings. The largest absolute Gasteiger partial charge is 0.493 e. The van der Waals surface area contributed by atoms with Gasteiger partial charge in [0.25, 0.3) is 0 Å². The number of hydrogen-bond donors (Lipinski definition) is 1. The normalized spacial score (nSPS) is 16.8. The molecule has 0 aliphatic carbocycles. The molecule has 4 nitrogen and oxygen atoms in total. The van der Waals surface area contributed by atoms with Crippen LogP contribution in [0.1, 0.15) is 24.0 Å². The van der Waals surface area contributed by atoms with Gasteiger partial charge in [0, 0.05) is 12.2 Å². The summed E-state index contributed by atoms with van der Waals surface area (Å²) in [5.41, 5.74) is 2.21. The Labute approximate surface area is 154 Å². The molecule has 1 atom stereocenters. The zero-order valence-corrected chi connectivity index (χ0v) is 15.3. The number of benzene rings is 2. The fourth-order valence-electron chi connectivity index (χ4n) is 3.03. The molecule has 3 rings (SSSR count). The van der Waals surface area contributed by atoms with Crippen LogP contribution in [0.2, 0.25) is 5.02 Å². The van der Waals surface area contributed by atoms with Crippen molar-refractivity contribution in [2.24, 2.45) is 0 Å². The van der Waals surface area contributed by atoms with Gasteiger partial charge in [-0.2, -0.15) is 0 Å². The predicted molar refractivity (Wildman–Crippen MR) is 98.2 cm³/mol. The quantitative estimate of drug-likeness (QED) is 0.784. The van der Waals surface area contributed by atoms with Gasteiger partial charge in [0.15, 0.2) is 11.5 Å². The van der Waals surface area contributed by atoms with Gasteiger partial charge in [0.05, 0.1) is 12.1 Å². The van der Waals surface area contributed by atoms with E-state index in [0.717, 1.165) is 37.2 Å². The first-order valence-electron chi connectivity index (χ1n) is 8.72. The fraction of sp³-hybridized carbons (Fsp3) is 0.400. The summed E-state index contributed by atoms with van der Waals surface area (Å²) >= 11 is 6.44. The lowest BCUT2D eigenvalue weighted by molar-refractivity contribution is -0.676. The average Bonchev–Trinajstić information content (AvgIpc) is 3.15. The van der Waals surface area contributed by atoms with Crippen LogP contribution in [0.5, 0.6) is 11.5 Å². The number of ether oxygens (including phenoxy) is 3. The molecule has 1 saturated heterocycles. The highest BCUT2D eigenvalue weighted by atomic mass is 35.5. The third-order valence-corrected chi connectivity index (χ3v) is 4.63. The highest BCUT2D eigenvalue weighted by Gasteiger charge is 2.18. The van der Waals surface area contributed by atoms with Crippen molar-refractivity contribution in [3.63, 3.8) is 0 Å². The van der Waals surface area contributed by atoms with Crippen molar-refractivity contribution in [3.05, 3.63) is 58.6 Å². The fourth-order valence-corrected chi connectivity index (χ4v) is 3.31. The third kappa shape index (κ3) is 5.11. The molecule has 2 N–H and O–H groups in total. The van der Waals surface area contributed by atoms with Gasteiger partial charge in [-0.15, -0.1) is 0 Å². The van der Waals surface area contributed by atoms with Gasteiger partial charge in [-0.25, -0.2) is 0 Å². The van der Waals surface area contributed by atoms with Crippen molar-refractivity contribution >= 4 is 11.6 Å². The van der Waals surface area contributed by atoms with Crippen molar-refractivity contribution < 1.29 is 19.5 Å². The van der Waals surface area contributed by atoms with Gasteiger partial charge in [0.1, 0.15) is 25.8 Å². The minimum Gasteiger partial charge on any atom is -0.493 e. The molecule has 0 bridgehead atoms. The second kappa shape index (κ2) is 9.09. The monoisotopic (exact) mass is 362 g/mol. The highest BCUT2D eigenvalue weighted by molar-refractivity contribution is 6.32. The van der Waals surface area contributed by atoms with Crippen LogP contribution in [0, 0.1) is 0 Å². The van der Waals surface area contributed by atoms with E-state index in [1.807, 2.05) is 42.5 Å². The Morgan fingerprint density at radius 1 is 1.20 bits per heavy atom. The van der Waals surface area contributed by atoms with Gasteiger partial charge in [-0.05, 0) is 30.5 Å². The molecule has 0 aromatic heterocycles. The highest BCUT2D eigenvalue weighted by Crippen LogP contribution is 2.36. The molecule has 5 heteroatoms. The van der Waals surface area contributed by atoms with E-state index in [2.05, 4.69) is 5.32 Å². The third-order valence-electron chi connectivity index (χ3n) is 4.35. The van der Waals surface area contributed by atoms with E-state index in [4.69, 9.17) is 25.8 Å². The summed E-state index contributed by atoms with van der Waals surface area (Å²) in [5, 5.41) is 2.83. The van der Waals surface area contributed by atoms with Gasteiger partial charge in [0.2, 0.25) is 0 Å². The van der Waals surface area contributed by atoms with Gasteiger partial charge in [-0.1, -0.05) is 41.9 Å². The Morgan fingerprint density at radius 2 is 2.04 bits per heavy atom. The van der Waals surface area contributed by atoms with Crippen LogP contribution in [-0.2, 0) is 17.9 Å². The van der Waals surface area contributed by atoms with Gasteiger partial charge in [-0.3, -0.25) is 0 Å². The van der Waals surface area contributed by atoms with E-state index >= 15 is 0 Å². The molecular formula is C20H25ClNO3+. The van der Waals surface area contributed by atoms with Crippen LogP contribution < -0.4 is 14.8 Å². The van der Waals surface area contributed by atoms with Crippen molar-refractivity contribution in [1.82, 2.24) is 0 Å². The van der Waals surface area contributed by atoms with E-state index in [1.165, 1.54) is 6.42 Å². The maximum atomic E-state index is 6.44. The molecule has 0 saturated carbocycles. The summed E-state index contributed by atoms with van der Waals surface area (Å²) in [6.07, 6.45) is 2.71. The number of halogens is 1. The van der Waals surface area contributed by atoms with Crippen molar-refractivity contribution in [1.29, 1.82) is 0 Å². The smallest absolute Gasteiger partial charge is 0.180 e. The van der Waals surface area contributed by atoms with Crippen LogP contribution >= 0.6 is 11.6 Å². The minimum atomic E-state index is 0.380. The molecule has 0 spiro atoms. The molecule has 0 radical (unpaired) electrons. The maximum absolute atomic E-state index is 6.44. The summed E-state index contributed by atoms with van der Waals surface area (Å²) in [6.45, 7) is 3.17. The molecule has 2 aromatic rings. The summed E-state index contributed by atoms with van der Waals surface area (Å²) < 4.78 is 17.0. The summed E-state index contributed by atoms with van der Waals surface area (Å²) in [5.74, 6) is 1.26. The van der Waals surface area contributed by atoms with Crippen molar-refractivity contribution in [2.75, 3.05) is 20.3 Å². The Bertz CT molecular complexity index is 672. The van der Waals surface area contributed by atoms with Crippen LogP contribution in [0.4, 0.5) is 0 Å². The van der Waals surface area contributed by atoms with E-state index < -0.39 is 0 Å². The molecule has 25 heavy (non-hydrogen) atoms. The summed E-state index contributed by atoms with van der Waals surface area (Å²) in [4.78, 5) is 0. The number of methoxy groups -OCH3 is 1. The van der Waals surface area contributed by atoms with Crippen LogP contribution in [0.15, 0.2) is 42.5 Å². The molecule has 1 heterocycles. The van der Waals surface area contributed by atoms with Gasteiger partial charge < -0.3 is 19.5 Å². The van der Waals surface area contributed by atoms with E-state index in [0.29, 0.717) is 29.2 Å². The lowest BCUT2D eigenvalue weighted by Crippen LogP contribution is -2.84. The molecule has 0 amide bonds. The Balaban J connectivity index is 1.61. The SMILES string of the molecule is COc1cc(C[NH2+]C[C@H]2CCCO2)cc(Cl)c1OCc1ccccc1. The first-order chi connectivity index (χ1) is 12.3. The molecule has 1 aliphatic heterocycles. The van der Waals surface area contributed by atoms with E-state index in [1.54, 1.807) is 7.11 Å². The van der Waals surface area contributed by atoms with Crippen LogP contribution in [0.3, 0.4) is 0 Å². The first kappa shape index (κ1) is 18.1. The molecule has 1 fully saturated rings. The first-order valence-corrected chi connectivity index (χ1v) is 9.10. The zero-order valence-electron chi connectivity index (χ0n) is 14.5. The lowest BCUT2D eigenvalue weighted by atomic mass is 10.2. The summed E-state index contributed by atoms with van der Waals surface area (Å²) in [7, 11) is 1.64. The second-order valence-electron chi connectivity index (χ2n) is 6.25. The lowest BCUT2D eigenvalue weighted by Gasteiger charge is -2.14. The van der Waals surface area contributed by atoms with Gasteiger partial charge >= 0.3 is 0 Å². The predicted octanol–water partition coefficient (Wildman–Crippen LogP) is 3.17. The second-order valence-corrected chi connectivity index (χ2v) is 6.65. The topological polar surface area (TPSA) is 44.3 Å². The average molecular weight is 363 g/mol. The number of hydrogen-bond acceptors (Lipinski definition) is 3. The maximum Gasteiger partial charge on any atom is 0.180 e. The molecule has 0 unspecified atom stereocenters. The zero-order chi connectivity index (χ0) is 17.5. The van der Waals surface area contributed by atoms with E-state index in [-0.39, 0.29) is 0 Å². The Hall–Kier alpha value is -1.75. The van der Waals surface area contributed by atoms with Crippen LogP contribution in [-0.4, -0.2) is 26.4 Å². The number of quaternary nitrogens is 1. The van der Waals surface area contributed by atoms with Crippen LogP contribution in [0.25, 0.3) is 0 Å². The molecule has 134 valence electrons. The number of rotatable bonds is 8. The minimum absolute atomic E-state index is 0.380.